The van der Waals surface area contributed by atoms with Crippen LogP contribution >= 0.6 is 12.4 Å². The Morgan fingerprint density at radius 1 is 1.21 bits per heavy atom. The lowest BCUT2D eigenvalue weighted by Gasteiger charge is -2.31. The molecule has 1 saturated carbocycles. The van der Waals surface area contributed by atoms with Gasteiger partial charge >= 0.3 is 0 Å². The minimum absolute atomic E-state index is 0. The number of nitrogens with one attached hydrogen (secondary N) is 1. The van der Waals surface area contributed by atoms with Crippen molar-refractivity contribution in [3.63, 3.8) is 0 Å². The van der Waals surface area contributed by atoms with Crippen LogP contribution in [0.5, 0.6) is 0 Å². The molecule has 136 valence electrons. The Hall–Kier alpha value is -1.15. The van der Waals surface area contributed by atoms with Gasteiger partial charge in [-0.2, -0.15) is 0 Å². The monoisotopic (exact) mass is 375 g/mol. The lowest BCUT2D eigenvalue weighted by Crippen LogP contribution is -2.54. The summed E-state index contributed by atoms with van der Waals surface area (Å²) < 4.78 is 25.9. The Morgan fingerprint density at radius 3 is 2.38 bits per heavy atom. The Morgan fingerprint density at radius 2 is 1.79 bits per heavy atom. The highest BCUT2D eigenvalue weighted by Gasteiger charge is 2.35. The molecular weight excluding hydrogens is 350 g/mol. The van der Waals surface area contributed by atoms with Crippen LogP contribution in [0.25, 0.3) is 0 Å². The summed E-state index contributed by atoms with van der Waals surface area (Å²) in [6.45, 7) is 0.154. The molecule has 0 bridgehead atoms. The second-order valence-electron chi connectivity index (χ2n) is 6.29. The van der Waals surface area contributed by atoms with Crippen LogP contribution in [-0.4, -0.2) is 38.3 Å². The van der Waals surface area contributed by atoms with Crippen molar-refractivity contribution in [1.29, 1.82) is 0 Å². The molecule has 1 aromatic carbocycles. The summed E-state index contributed by atoms with van der Waals surface area (Å²) in [6.07, 6.45) is 4.37. The summed E-state index contributed by atoms with van der Waals surface area (Å²) in [5.74, 6) is -0.200. The number of nitrogens with zero attached hydrogens (tertiary/aromatic N) is 1. The quantitative estimate of drug-likeness (QED) is 0.818. The first-order valence-corrected chi connectivity index (χ1v) is 9.29. The van der Waals surface area contributed by atoms with Crippen LogP contribution in [-0.2, 0) is 21.4 Å². The number of amides is 1. The van der Waals surface area contributed by atoms with Gasteiger partial charge in [0.2, 0.25) is 15.9 Å². The standard InChI is InChI=1S/C16H25N3O3S.ClH/c1-19(2)23(21,22)14-9-5-4-8-13(14)12-18-15(20)16(17)10-6-3-7-11-16;/h4-5,8-9H,3,6-7,10-12,17H2,1-2H3,(H,18,20);1H. The third-order valence-corrected chi connectivity index (χ3v) is 6.28. The summed E-state index contributed by atoms with van der Waals surface area (Å²) in [7, 11) is -0.569. The zero-order valence-electron chi connectivity index (χ0n) is 14.1. The SMILES string of the molecule is CN(C)S(=O)(=O)c1ccccc1CNC(=O)C1(N)CCCCC1.Cl. The fourth-order valence-corrected chi connectivity index (χ4v) is 3.97. The molecule has 1 aliphatic carbocycles. The van der Waals surface area contributed by atoms with Gasteiger partial charge in [-0.1, -0.05) is 37.5 Å². The second kappa shape index (κ2) is 8.29. The average molecular weight is 376 g/mol. The fourth-order valence-electron chi connectivity index (χ4n) is 2.86. The van der Waals surface area contributed by atoms with Crippen LogP contribution in [0, 0.1) is 0 Å². The average Bonchev–Trinajstić information content (AvgIpc) is 2.53. The van der Waals surface area contributed by atoms with E-state index in [-0.39, 0.29) is 29.8 Å². The van der Waals surface area contributed by atoms with E-state index in [1.54, 1.807) is 24.3 Å². The van der Waals surface area contributed by atoms with Crippen molar-refractivity contribution >= 4 is 28.3 Å². The zero-order valence-corrected chi connectivity index (χ0v) is 15.8. The normalized spacial score (nSPS) is 17.2. The molecule has 0 spiro atoms. The number of nitrogens with two attached hydrogens (primary N) is 1. The Bertz CT molecular complexity index is 671. The molecule has 0 atom stereocenters. The molecule has 3 N–H and O–H groups in total. The largest absolute Gasteiger partial charge is 0.350 e. The van der Waals surface area contributed by atoms with Crippen LogP contribution in [0.3, 0.4) is 0 Å². The van der Waals surface area contributed by atoms with E-state index in [0.29, 0.717) is 18.4 Å². The van der Waals surface area contributed by atoms with Gasteiger partial charge in [0.25, 0.3) is 0 Å². The Kier molecular flexibility index (Phi) is 7.22. The molecule has 1 aromatic rings. The van der Waals surface area contributed by atoms with Crippen molar-refractivity contribution in [2.24, 2.45) is 5.73 Å². The number of sulfonamides is 1. The first-order valence-electron chi connectivity index (χ1n) is 7.85. The molecule has 2 rings (SSSR count). The summed E-state index contributed by atoms with van der Waals surface area (Å²) in [6, 6.07) is 6.69. The number of carbonyl (C=O) groups excluding carboxylic acids is 1. The number of hydrogen-bond donors (Lipinski definition) is 2. The molecule has 8 heteroatoms. The molecule has 0 aliphatic heterocycles. The number of benzene rings is 1. The summed E-state index contributed by atoms with van der Waals surface area (Å²) in [4.78, 5) is 12.6. The van der Waals surface area contributed by atoms with E-state index in [4.69, 9.17) is 5.73 Å². The van der Waals surface area contributed by atoms with Crippen molar-refractivity contribution in [3.8, 4) is 0 Å². The Labute approximate surface area is 150 Å². The first kappa shape index (κ1) is 20.9. The highest BCUT2D eigenvalue weighted by atomic mass is 35.5. The van der Waals surface area contributed by atoms with E-state index in [2.05, 4.69) is 5.32 Å². The summed E-state index contributed by atoms with van der Waals surface area (Å²) in [5, 5.41) is 2.81. The molecule has 1 aliphatic rings. The van der Waals surface area contributed by atoms with Crippen molar-refractivity contribution in [1.82, 2.24) is 9.62 Å². The van der Waals surface area contributed by atoms with E-state index in [0.717, 1.165) is 19.3 Å². The number of carbonyl (C=O) groups is 1. The van der Waals surface area contributed by atoms with Gasteiger partial charge < -0.3 is 11.1 Å². The van der Waals surface area contributed by atoms with E-state index >= 15 is 0 Å². The van der Waals surface area contributed by atoms with Gasteiger partial charge in [-0.15, -0.1) is 12.4 Å². The topological polar surface area (TPSA) is 92.5 Å². The van der Waals surface area contributed by atoms with Gasteiger partial charge in [0.05, 0.1) is 10.4 Å². The zero-order chi connectivity index (χ0) is 17.1. The van der Waals surface area contributed by atoms with E-state index in [1.165, 1.54) is 18.4 Å². The molecule has 6 nitrogen and oxygen atoms in total. The lowest BCUT2D eigenvalue weighted by atomic mass is 9.82. The van der Waals surface area contributed by atoms with Crippen molar-refractivity contribution in [3.05, 3.63) is 29.8 Å². The number of hydrogen-bond acceptors (Lipinski definition) is 4. The third kappa shape index (κ3) is 4.47. The van der Waals surface area contributed by atoms with Gasteiger partial charge in [0.15, 0.2) is 0 Å². The minimum Gasteiger partial charge on any atom is -0.350 e. The fraction of sp³-hybridized carbons (Fsp3) is 0.562. The Balaban J connectivity index is 0.00000288. The van der Waals surface area contributed by atoms with Crippen LogP contribution in [0.2, 0.25) is 0 Å². The predicted molar refractivity (Wildman–Crippen MR) is 96.4 cm³/mol. The van der Waals surface area contributed by atoms with Crippen LogP contribution < -0.4 is 11.1 Å². The maximum absolute atomic E-state index is 12.4. The molecule has 1 amide bonds. The maximum atomic E-state index is 12.4. The van der Waals surface area contributed by atoms with Crippen molar-refractivity contribution < 1.29 is 13.2 Å². The van der Waals surface area contributed by atoms with Crippen molar-refractivity contribution in [2.75, 3.05) is 14.1 Å². The predicted octanol–water partition coefficient (Wildman–Crippen LogP) is 1.64. The second-order valence-corrected chi connectivity index (χ2v) is 8.41. The highest BCUT2D eigenvalue weighted by Crippen LogP contribution is 2.26. The molecule has 0 heterocycles. The summed E-state index contributed by atoms with van der Waals surface area (Å²) in [5.41, 5.74) is 5.94. The highest BCUT2D eigenvalue weighted by molar-refractivity contribution is 7.89. The molecule has 0 saturated heterocycles. The maximum Gasteiger partial charge on any atom is 0.242 e. The van der Waals surface area contributed by atoms with Gasteiger partial charge in [-0.05, 0) is 24.5 Å². The van der Waals surface area contributed by atoms with Gasteiger partial charge in [-0.25, -0.2) is 12.7 Å². The molecule has 24 heavy (non-hydrogen) atoms. The van der Waals surface area contributed by atoms with Gasteiger partial charge in [0, 0.05) is 20.6 Å². The van der Waals surface area contributed by atoms with Crippen LogP contribution in [0.1, 0.15) is 37.7 Å². The summed E-state index contributed by atoms with van der Waals surface area (Å²) >= 11 is 0. The van der Waals surface area contributed by atoms with Crippen LogP contribution in [0.15, 0.2) is 29.2 Å². The van der Waals surface area contributed by atoms with E-state index in [9.17, 15) is 13.2 Å². The molecule has 0 radical (unpaired) electrons. The number of halogens is 1. The number of rotatable bonds is 5. The van der Waals surface area contributed by atoms with Gasteiger partial charge in [0.1, 0.15) is 0 Å². The lowest BCUT2D eigenvalue weighted by molar-refractivity contribution is -0.127. The van der Waals surface area contributed by atoms with Gasteiger partial charge in [-0.3, -0.25) is 4.79 Å². The first-order chi connectivity index (χ1) is 10.8. The molecule has 0 unspecified atom stereocenters. The smallest absolute Gasteiger partial charge is 0.242 e. The minimum atomic E-state index is -3.54. The molecule has 0 aromatic heterocycles. The molecule has 1 fully saturated rings. The van der Waals surface area contributed by atoms with Crippen molar-refractivity contribution in [2.45, 2.75) is 49.1 Å². The van der Waals surface area contributed by atoms with E-state index in [1.807, 2.05) is 0 Å². The third-order valence-electron chi connectivity index (χ3n) is 4.37. The van der Waals surface area contributed by atoms with Crippen LogP contribution in [0.4, 0.5) is 0 Å². The van der Waals surface area contributed by atoms with E-state index < -0.39 is 15.6 Å². The molecular formula is C16H26ClN3O3S.